The van der Waals surface area contributed by atoms with Crippen molar-refractivity contribution < 1.29 is 17.9 Å². The van der Waals surface area contributed by atoms with Crippen molar-refractivity contribution in [2.45, 2.75) is 12.6 Å². The van der Waals surface area contributed by atoms with Crippen LogP contribution in [0, 0.1) is 0 Å². The average Bonchev–Trinajstić information content (AvgIpc) is 2.93. The summed E-state index contributed by atoms with van der Waals surface area (Å²) in [6, 6.07) is 7.47. The number of fused-ring (bicyclic) bond motifs is 1. The van der Waals surface area contributed by atoms with Crippen molar-refractivity contribution in [1.29, 1.82) is 0 Å². The normalized spacial score (nSPS) is 17.3. The van der Waals surface area contributed by atoms with Crippen LogP contribution in [-0.4, -0.2) is 49.3 Å². The highest BCUT2D eigenvalue weighted by atomic mass is 32.2. The lowest BCUT2D eigenvalue weighted by molar-refractivity contribution is 0.0759. The molecular formula is C14H18N4O4S. The SMILES string of the molecule is CN(C)S(=O)(=O)Nc1cnn(C[C@@H]2COc3ccccc3O2)c1. The van der Waals surface area contributed by atoms with Gasteiger partial charge >= 0.3 is 10.2 Å². The summed E-state index contributed by atoms with van der Waals surface area (Å²) in [7, 11) is -0.625. The van der Waals surface area contributed by atoms with Crippen LogP contribution in [0.3, 0.4) is 0 Å². The van der Waals surface area contributed by atoms with Gasteiger partial charge in [-0.2, -0.15) is 17.8 Å². The zero-order valence-corrected chi connectivity index (χ0v) is 13.7. The smallest absolute Gasteiger partial charge is 0.301 e. The molecule has 9 heteroatoms. The molecule has 0 amide bonds. The Bertz CT molecular complexity index is 788. The standard InChI is InChI=1S/C14H18N4O4S/c1-17(2)23(19,20)16-11-7-15-18(8-11)9-12-10-21-13-5-3-4-6-14(13)22-12/h3-8,12,16H,9-10H2,1-2H3/t12-/m1/s1. The first kappa shape index (κ1) is 15.6. The number of nitrogens with one attached hydrogen (secondary N) is 1. The number of nitrogens with zero attached hydrogens (tertiary/aromatic N) is 3. The van der Waals surface area contributed by atoms with Crippen molar-refractivity contribution in [3.8, 4) is 11.5 Å². The fraction of sp³-hybridized carbons (Fsp3) is 0.357. The van der Waals surface area contributed by atoms with Crippen molar-refractivity contribution in [1.82, 2.24) is 14.1 Å². The second-order valence-corrected chi connectivity index (χ2v) is 7.22. The molecule has 3 rings (SSSR count). The molecule has 8 nitrogen and oxygen atoms in total. The third kappa shape index (κ3) is 3.57. The molecule has 0 saturated carbocycles. The molecule has 0 unspecified atom stereocenters. The number of hydrogen-bond acceptors (Lipinski definition) is 5. The molecule has 0 saturated heterocycles. The first-order chi connectivity index (χ1) is 10.9. The number of anilines is 1. The Morgan fingerprint density at radius 3 is 2.83 bits per heavy atom. The highest BCUT2D eigenvalue weighted by Crippen LogP contribution is 2.31. The molecule has 0 bridgehead atoms. The van der Waals surface area contributed by atoms with E-state index in [4.69, 9.17) is 9.47 Å². The molecule has 1 aromatic carbocycles. The minimum Gasteiger partial charge on any atom is -0.486 e. The molecule has 23 heavy (non-hydrogen) atoms. The molecule has 124 valence electrons. The first-order valence-electron chi connectivity index (χ1n) is 7.05. The highest BCUT2D eigenvalue weighted by molar-refractivity contribution is 7.90. The fourth-order valence-corrected chi connectivity index (χ4v) is 2.70. The minimum absolute atomic E-state index is 0.192. The van der Waals surface area contributed by atoms with E-state index >= 15 is 0 Å². The van der Waals surface area contributed by atoms with Gasteiger partial charge < -0.3 is 9.47 Å². The summed E-state index contributed by atoms with van der Waals surface area (Å²) in [5.41, 5.74) is 0.399. The van der Waals surface area contributed by atoms with Crippen molar-refractivity contribution in [3.63, 3.8) is 0 Å². The summed E-state index contributed by atoms with van der Waals surface area (Å²) >= 11 is 0. The average molecular weight is 338 g/mol. The molecule has 1 atom stereocenters. The van der Waals surface area contributed by atoms with Crippen LogP contribution in [0.15, 0.2) is 36.7 Å². The number of para-hydroxylation sites is 2. The second-order valence-electron chi connectivity index (χ2n) is 5.34. The van der Waals surface area contributed by atoms with Crippen LogP contribution in [0.4, 0.5) is 5.69 Å². The molecule has 1 aromatic heterocycles. The molecule has 1 aliphatic heterocycles. The van der Waals surface area contributed by atoms with E-state index in [1.165, 1.54) is 20.3 Å². The zero-order chi connectivity index (χ0) is 16.4. The van der Waals surface area contributed by atoms with E-state index in [1.807, 2.05) is 24.3 Å². The van der Waals surface area contributed by atoms with Crippen molar-refractivity contribution in [2.24, 2.45) is 0 Å². The van der Waals surface area contributed by atoms with Crippen LogP contribution in [0.1, 0.15) is 0 Å². The Morgan fingerprint density at radius 2 is 2.09 bits per heavy atom. The van der Waals surface area contributed by atoms with Gasteiger partial charge in [-0.25, -0.2) is 0 Å². The van der Waals surface area contributed by atoms with Crippen LogP contribution in [0.2, 0.25) is 0 Å². The van der Waals surface area contributed by atoms with E-state index < -0.39 is 10.2 Å². The van der Waals surface area contributed by atoms with Gasteiger partial charge in [0.05, 0.1) is 18.4 Å². The predicted molar refractivity (Wildman–Crippen MR) is 84.8 cm³/mol. The number of hydrogen-bond donors (Lipinski definition) is 1. The molecule has 0 aliphatic carbocycles. The maximum Gasteiger partial charge on any atom is 0.301 e. The van der Waals surface area contributed by atoms with Crippen LogP contribution in [0.5, 0.6) is 11.5 Å². The van der Waals surface area contributed by atoms with E-state index in [-0.39, 0.29) is 6.10 Å². The van der Waals surface area contributed by atoms with Crippen LogP contribution < -0.4 is 14.2 Å². The lowest BCUT2D eigenvalue weighted by atomic mass is 10.2. The summed E-state index contributed by atoms with van der Waals surface area (Å²) in [5.74, 6) is 1.42. The number of aromatic nitrogens is 2. The van der Waals surface area contributed by atoms with E-state index in [1.54, 1.807) is 10.9 Å². The molecule has 2 aromatic rings. The Kier molecular flexibility index (Phi) is 4.14. The zero-order valence-electron chi connectivity index (χ0n) is 12.8. The van der Waals surface area contributed by atoms with Crippen LogP contribution in [0.25, 0.3) is 0 Å². The van der Waals surface area contributed by atoms with E-state index in [0.29, 0.717) is 24.6 Å². The fourth-order valence-electron chi connectivity index (χ4n) is 2.12. The number of benzene rings is 1. The van der Waals surface area contributed by atoms with Crippen molar-refractivity contribution in [2.75, 3.05) is 25.4 Å². The summed E-state index contributed by atoms with van der Waals surface area (Å²) in [4.78, 5) is 0. The molecular weight excluding hydrogens is 320 g/mol. The molecule has 1 N–H and O–H groups in total. The van der Waals surface area contributed by atoms with Gasteiger partial charge in [0.1, 0.15) is 6.61 Å². The first-order valence-corrected chi connectivity index (χ1v) is 8.49. The molecule has 0 spiro atoms. The number of rotatable bonds is 5. The van der Waals surface area contributed by atoms with Gasteiger partial charge in [-0.3, -0.25) is 9.40 Å². The van der Waals surface area contributed by atoms with Gasteiger partial charge in [-0.1, -0.05) is 12.1 Å². The Morgan fingerprint density at radius 1 is 1.35 bits per heavy atom. The van der Waals surface area contributed by atoms with E-state index in [9.17, 15) is 8.42 Å². The minimum atomic E-state index is -3.54. The Hall–Kier alpha value is -2.26. The quantitative estimate of drug-likeness (QED) is 0.877. The summed E-state index contributed by atoms with van der Waals surface area (Å²) in [6.45, 7) is 0.869. The molecule has 2 heterocycles. The van der Waals surface area contributed by atoms with Gasteiger partial charge in [0.25, 0.3) is 0 Å². The Balaban J connectivity index is 1.64. The largest absolute Gasteiger partial charge is 0.486 e. The van der Waals surface area contributed by atoms with Gasteiger partial charge in [-0.15, -0.1) is 0 Å². The lowest BCUT2D eigenvalue weighted by Gasteiger charge is -2.26. The third-order valence-corrected chi connectivity index (χ3v) is 4.77. The van der Waals surface area contributed by atoms with E-state index in [2.05, 4.69) is 9.82 Å². The van der Waals surface area contributed by atoms with E-state index in [0.717, 1.165) is 10.1 Å². The summed E-state index contributed by atoms with van der Waals surface area (Å²) in [5, 5.41) is 4.15. The topological polar surface area (TPSA) is 85.7 Å². The third-order valence-electron chi connectivity index (χ3n) is 3.32. The molecule has 0 fully saturated rings. The Labute approximate surface area is 134 Å². The van der Waals surface area contributed by atoms with Crippen molar-refractivity contribution in [3.05, 3.63) is 36.7 Å². The highest BCUT2D eigenvalue weighted by Gasteiger charge is 2.21. The van der Waals surface area contributed by atoms with Gasteiger partial charge in [0.2, 0.25) is 0 Å². The second kappa shape index (κ2) is 6.09. The van der Waals surface area contributed by atoms with Gasteiger partial charge in [-0.05, 0) is 12.1 Å². The molecule has 1 aliphatic rings. The number of ether oxygens (including phenoxy) is 2. The van der Waals surface area contributed by atoms with Crippen molar-refractivity contribution >= 4 is 15.9 Å². The van der Waals surface area contributed by atoms with Gasteiger partial charge in [0, 0.05) is 20.3 Å². The summed E-state index contributed by atoms with van der Waals surface area (Å²) < 4.78 is 40.2. The van der Waals surface area contributed by atoms with Crippen LogP contribution in [-0.2, 0) is 16.8 Å². The predicted octanol–water partition coefficient (Wildman–Crippen LogP) is 0.941. The monoisotopic (exact) mass is 338 g/mol. The maximum atomic E-state index is 11.8. The molecule has 0 radical (unpaired) electrons. The van der Waals surface area contributed by atoms with Crippen LogP contribution >= 0.6 is 0 Å². The maximum absolute atomic E-state index is 11.8. The summed E-state index contributed by atoms with van der Waals surface area (Å²) in [6.07, 6.45) is 2.88. The van der Waals surface area contributed by atoms with Gasteiger partial charge in [0.15, 0.2) is 17.6 Å². The lowest BCUT2D eigenvalue weighted by Crippen LogP contribution is -2.33.